The summed E-state index contributed by atoms with van der Waals surface area (Å²) >= 11 is 3.46. The standard InChI is InChI=1S/C27H21BrF5N5O3/c1-12(29)25(39)37-15-6-4-13(5-7-15)22-19(21-23(38(22)2)16(28)10-35-24(21)34)14-8-17(30)20(18(9-14)41-3)26(40)36-11-27(31,32)33/h4-10H,1,11H2,2-3H3,(H2,34,35)(H,36,40)(H,37,39). The van der Waals surface area contributed by atoms with Crippen LogP contribution in [0.2, 0.25) is 0 Å². The largest absolute Gasteiger partial charge is 0.496 e. The lowest BCUT2D eigenvalue weighted by Crippen LogP contribution is -2.34. The van der Waals surface area contributed by atoms with E-state index < -0.39 is 41.7 Å². The fourth-order valence-electron chi connectivity index (χ4n) is 4.37. The molecule has 0 aliphatic heterocycles. The number of benzene rings is 2. The molecule has 0 saturated carbocycles. The first-order chi connectivity index (χ1) is 19.2. The van der Waals surface area contributed by atoms with E-state index in [1.54, 1.807) is 29.1 Å². The van der Waals surface area contributed by atoms with Crippen LogP contribution in [0.15, 0.2) is 59.5 Å². The Morgan fingerprint density at radius 3 is 2.41 bits per heavy atom. The van der Waals surface area contributed by atoms with E-state index in [-0.39, 0.29) is 22.8 Å². The minimum absolute atomic E-state index is 0.0942. The van der Waals surface area contributed by atoms with Crippen LogP contribution in [-0.2, 0) is 11.8 Å². The number of ether oxygens (including phenoxy) is 1. The number of anilines is 2. The van der Waals surface area contributed by atoms with E-state index >= 15 is 4.39 Å². The number of alkyl halides is 3. The molecule has 14 heteroatoms. The van der Waals surface area contributed by atoms with Crippen molar-refractivity contribution < 1.29 is 36.3 Å². The number of aryl methyl sites for hydroxylation is 1. The summed E-state index contributed by atoms with van der Waals surface area (Å²) in [6.45, 7) is 1.30. The first-order valence-electron chi connectivity index (χ1n) is 11.6. The maximum Gasteiger partial charge on any atom is 0.405 e. The summed E-state index contributed by atoms with van der Waals surface area (Å²) in [4.78, 5) is 28.3. The topological polar surface area (TPSA) is 111 Å². The Morgan fingerprint density at radius 2 is 1.83 bits per heavy atom. The molecule has 0 spiro atoms. The van der Waals surface area contributed by atoms with Crippen molar-refractivity contribution in [2.24, 2.45) is 7.05 Å². The molecule has 4 aromatic rings. The molecule has 2 aromatic carbocycles. The number of carbonyl (C=O) groups excluding carboxylic acids is 2. The first kappa shape index (κ1) is 29.5. The number of halogens is 6. The molecule has 0 saturated heterocycles. The second kappa shape index (κ2) is 11.2. The van der Waals surface area contributed by atoms with Gasteiger partial charge in [-0.2, -0.15) is 13.2 Å². The van der Waals surface area contributed by atoms with Crippen molar-refractivity contribution in [3.05, 3.63) is 70.9 Å². The summed E-state index contributed by atoms with van der Waals surface area (Å²) in [5, 5.41) is 4.41. The lowest BCUT2D eigenvalue weighted by molar-refractivity contribution is -0.123. The minimum Gasteiger partial charge on any atom is -0.496 e. The van der Waals surface area contributed by atoms with Gasteiger partial charge in [0.25, 0.3) is 11.8 Å². The van der Waals surface area contributed by atoms with E-state index in [1.165, 1.54) is 24.4 Å². The lowest BCUT2D eigenvalue weighted by Gasteiger charge is -2.15. The lowest BCUT2D eigenvalue weighted by atomic mass is 9.96. The summed E-state index contributed by atoms with van der Waals surface area (Å²) in [5.41, 5.74) is 8.05. The number of aromatic nitrogens is 2. The summed E-state index contributed by atoms with van der Waals surface area (Å²) in [6, 6.07) is 8.58. The molecular weight excluding hydrogens is 617 g/mol. The van der Waals surface area contributed by atoms with Gasteiger partial charge in [-0.25, -0.2) is 13.8 Å². The predicted molar refractivity (Wildman–Crippen MR) is 147 cm³/mol. The van der Waals surface area contributed by atoms with Crippen LogP contribution in [0.1, 0.15) is 10.4 Å². The number of nitrogen functional groups attached to an aromatic ring is 1. The number of amides is 2. The van der Waals surface area contributed by atoms with Crippen LogP contribution in [0.4, 0.5) is 33.5 Å². The molecule has 41 heavy (non-hydrogen) atoms. The molecule has 0 atom stereocenters. The van der Waals surface area contributed by atoms with Gasteiger partial charge in [-0.15, -0.1) is 0 Å². The Morgan fingerprint density at radius 1 is 1.17 bits per heavy atom. The highest BCUT2D eigenvalue weighted by molar-refractivity contribution is 9.10. The SMILES string of the molecule is C=C(F)C(=O)Nc1ccc(-c2c(-c3cc(F)c(C(=O)NCC(F)(F)F)c(OC)c3)c3c(N)ncc(Br)c3n2C)cc1. The van der Waals surface area contributed by atoms with Crippen molar-refractivity contribution in [2.45, 2.75) is 6.18 Å². The third-order valence-corrected chi connectivity index (χ3v) is 6.68. The number of methoxy groups -OCH3 is 1. The smallest absolute Gasteiger partial charge is 0.405 e. The van der Waals surface area contributed by atoms with E-state index in [1.807, 2.05) is 0 Å². The molecule has 2 amide bonds. The number of nitrogens with two attached hydrogens (primary N) is 1. The number of fused-ring (bicyclic) bond motifs is 1. The van der Waals surface area contributed by atoms with Gasteiger partial charge in [-0.1, -0.05) is 18.7 Å². The molecule has 0 unspecified atom stereocenters. The van der Waals surface area contributed by atoms with Crippen LogP contribution in [0, 0.1) is 5.82 Å². The molecule has 0 radical (unpaired) electrons. The summed E-state index contributed by atoms with van der Waals surface area (Å²) in [6.07, 6.45) is -3.21. The molecule has 8 nitrogen and oxygen atoms in total. The van der Waals surface area contributed by atoms with E-state index in [0.29, 0.717) is 32.2 Å². The molecule has 214 valence electrons. The van der Waals surface area contributed by atoms with Crippen molar-refractivity contribution in [1.29, 1.82) is 0 Å². The van der Waals surface area contributed by atoms with Crippen molar-refractivity contribution in [3.8, 4) is 28.1 Å². The molecule has 2 heterocycles. The van der Waals surface area contributed by atoms with Gasteiger partial charge in [0.1, 0.15) is 29.5 Å². The number of rotatable bonds is 7. The highest BCUT2D eigenvalue weighted by Gasteiger charge is 2.30. The van der Waals surface area contributed by atoms with Crippen LogP contribution >= 0.6 is 15.9 Å². The van der Waals surface area contributed by atoms with Gasteiger partial charge in [0.15, 0.2) is 5.83 Å². The number of carbonyl (C=O) groups is 2. The fourth-order valence-corrected chi connectivity index (χ4v) is 4.94. The zero-order valence-electron chi connectivity index (χ0n) is 21.4. The van der Waals surface area contributed by atoms with Gasteiger partial charge >= 0.3 is 6.18 Å². The molecule has 4 N–H and O–H groups in total. The van der Waals surface area contributed by atoms with E-state index in [2.05, 4.69) is 32.8 Å². The van der Waals surface area contributed by atoms with Gasteiger partial charge < -0.3 is 25.7 Å². The second-order valence-corrected chi connectivity index (χ2v) is 9.62. The number of hydrogen-bond acceptors (Lipinski definition) is 5. The number of nitrogens with one attached hydrogen (secondary N) is 2. The van der Waals surface area contributed by atoms with E-state index in [9.17, 15) is 27.2 Å². The molecule has 0 bridgehead atoms. The zero-order valence-corrected chi connectivity index (χ0v) is 23.0. The maximum atomic E-state index is 15.5. The average molecular weight is 638 g/mol. The van der Waals surface area contributed by atoms with Gasteiger partial charge in [-0.3, -0.25) is 9.59 Å². The monoisotopic (exact) mass is 637 g/mol. The minimum atomic E-state index is -4.70. The third-order valence-electron chi connectivity index (χ3n) is 6.10. The fraction of sp³-hybridized carbons (Fsp3) is 0.148. The van der Waals surface area contributed by atoms with Gasteiger partial charge in [-0.05, 0) is 51.3 Å². The van der Waals surface area contributed by atoms with Crippen molar-refractivity contribution in [2.75, 3.05) is 24.7 Å². The predicted octanol–water partition coefficient (Wildman–Crippen LogP) is 6.11. The quantitative estimate of drug-likeness (QED) is 0.167. The summed E-state index contributed by atoms with van der Waals surface area (Å²) < 4.78 is 74.0. The van der Waals surface area contributed by atoms with Crippen LogP contribution in [0.25, 0.3) is 33.3 Å². The normalized spacial score (nSPS) is 11.4. The Labute approximate surface area is 238 Å². The van der Waals surface area contributed by atoms with Gasteiger partial charge in [0.05, 0.1) is 28.2 Å². The summed E-state index contributed by atoms with van der Waals surface area (Å²) in [5.74, 6) is -4.82. The first-order valence-corrected chi connectivity index (χ1v) is 12.4. The molecule has 0 fully saturated rings. The average Bonchev–Trinajstić information content (AvgIpc) is 3.22. The van der Waals surface area contributed by atoms with Crippen LogP contribution in [0.5, 0.6) is 5.75 Å². The van der Waals surface area contributed by atoms with Crippen molar-refractivity contribution in [3.63, 3.8) is 0 Å². The third kappa shape index (κ3) is 5.87. The van der Waals surface area contributed by atoms with E-state index in [0.717, 1.165) is 13.2 Å². The van der Waals surface area contributed by atoms with Crippen molar-refractivity contribution in [1.82, 2.24) is 14.9 Å². The van der Waals surface area contributed by atoms with Crippen molar-refractivity contribution >= 4 is 50.2 Å². The van der Waals surface area contributed by atoms with Gasteiger partial charge in [0.2, 0.25) is 0 Å². The Hall–Kier alpha value is -4.46. The molecular formula is C27H21BrF5N5O3. The highest BCUT2D eigenvalue weighted by atomic mass is 79.9. The Balaban J connectivity index is 1.93. The molecule has 4 rings (SSSR count). The summed E-state index contributed by atoms with van der Waals surface area (Å²) in [7, 11) is 2.87. The Bertz CT molecular complexity index is 1700. The zero-order chi connectivity index (χ0) is 30.2. The van der Waals surface area contributed by atoms with Crippen LogP contribution in [0.3, 0.4) is 0 Å². The second-order valence-electron chi connectivity index (χ2n) is 8.77. The molecule has 2 aromatic heterocycles. The number of nitrogens with zero attached hydrogens (tertiary/aromatic N) is 2. The maximum absolute atomic E-state index is 15.5. The Kier molecular flexibility index (Phi) is 8.06. The molecule has 0 aliphatic carbocycles. The van der Waals surface area contributed by atoms with E-state index in [4.69, 9.17) is 10.5 Å². The number of pyridine rings is 1. The molecule has 0 aliphatic rings. The number of hydrogen-bond donors (Lipinski definition) is 3. The highest BCUT2D eigenvalue weighted by Crippen LogP contribution is 2.46. The van der Waals surface area contributed by atoms with Crippen LogP contribution < -0.4 is 21.1 Å². The van der Waals surface area contributed by atoms with Gasteiger partial charge in [0, 0.05) is 24.5 Å². The van der Waals surface area contributed by atoms with Crippen LogP contribution in [-0.4, -0.2) is 41.2 Å².